The number of rotatable bonds is 8. The molecule has 0 aromatic heterocycles. The molecule has 0 spiro atoms. The van der Waals surface area contributed by atoms with Crippen molar-refractivity contribution in [1.82, 2.24) is 0 Å². The van der Waals surface area contributed by atoms with E-state index in [1.807, 2.05) is 0 Å². The van der Waals surface area contributed by atoms with Gasteiger partial charge in [-0.2, -0.15) is 0 Å². The summed E-state index contributed by atoms with van der Waals surface area (Å²) in [6, 6.07) is 43.0. The summed E-state index contributed by atoms with van der Waals surface area (Å²) in [7, 11) is 4.78. The fourth-order valence-electron chi connectivity index (χ4n) is 3.65. The zero-order valence-electron chi connectivity index (χ0n) is 16.7. The second-order valence-corrected chi connectivity index (χ2v) is 15.4. The van der Waals surface area contributed by atoms with Crippen LogP contribution >= 0.6 is 37.0 Å². The second-order valence-electron chi connectivity index (χ2n) is 6.93. The van der Waals surface area contributed by atoms with Crippen molar-refractivity contribution < 1.29 is 17.0 Å². The van der Waals surface area contributed by atoms with Crippen LogP contribution in [0.3, 0.4) is 0 Å². The Labute approximate surface area is 204 Å². The Morgan fingerprint density at radius 2 is 0.774 bits per heavy atom. The number of hydrogen-bond acceptors (Lipinski definition) is 0. The van der Waals surface area contributed by atoms with Gasteiger partial charge in [-0.25, -0.2) is 0 Å². The third-order valence-corrected chi connectivity index (χ3v) is 14.9. The van der Waals surface area contributed by atoms with E-state index in [1.165, 1.54) is 21.2 Å². The molecule has 0 fully saturated rings. The third kappa shape index (κ3) is 5.32. The number of benzene rings is 4. The molecule has 0 nitrogen and oxygen atoms in total. The van der Waals surface area contributed by atoms with Crippen LogP contribution in [0.15, 0.2) is 121 Å². The molecule has 0 aliphatic rings. The van der Waals surface area contributed by atoms with Gasteiger partial charge in [0.05, 0.1) is 0 Å². The summed E-state index contributed by atoms with van der Waals surface area (Å²) in [5.74, 6) is 0. The van der Waals surface area contributed by atoms with Gasteiger partial charge in [0.2, 0.25) is 0 Å². The van der Waals surface area contributed by atoms with Gasteiger partial charge in [-0.1, -0.05) is 0 Å². The third-order valence-electron chi connectivity index (χ3n) is 4.93. The first kappa shape index (κ1) is 23.2. The van der Waals surface area contributed by atoms with Crippen LogP contribution in [0, 0.1) is 0 Å². The number of alkyl halides is 1. The van der Waals surface area contributed by atoms with Crippen molar-refractivity contribution in [3.8, 4) is 0 Å². The van der Waals surface area contributed by atoms with Gasteiger partial charge in [-0.3, -0.25) is 0 Å². The summed E-state index contributed by atoms with van der Waals surface area (Å²) in [5.41, 5.74) is 0. The minimum atomic E-state index is -0.867. The van der Waals surface area contributed by atoms with Gasteiger partial charge in [0, 0.05) is 0 Å². The van der Waals surface area contributed by atoms with Crippen molar-refractivity contribution in [3.63, 3.8) is 0 Å². The Morgan fingerprint density at radius 3 is 1.00 bits per heavy atom. The maximum atomic E-state index is 7.90. The molecule has 0 atom stereocenters. The summed E-state index contributed by atoms with van der Waals surface area (Å²) >= 11 is 7.93. The molecule has 0 heterocycles. The Morgan fingerprint density at radius 1 is 0.516 bits per heavy atom. The van der Waals surface area contributed by atoms with Crippen molar-refractivity contribution in [3.05, 3.63) is 121 Å². The molecule has 4 aromatic carbocycles. The molecule has 0 saturated heterocycles. The molecule has 0 aliphatic carbocycles. The van der Waals surface area contributed by atoms with E-state index >= 15 is 0 Å². The molecule has 31 heavy (non-hydrogen) atoms. The van der Waals surface area contributed by atoms with E-state index in [0.29, 0.717) is 0 Å². The van der Waals surface area contributed by atoms with Crippen LogP contribution in [0.25, 0.3) is 0 Å². The van der Waals surface area contributed by atoms with Gasteiger partial charge in [0.1, 0.15) is 0 Å². The number of halogens is 2. The molecule has 0 radical (unpaired) electrons. The van der Waals surface area contributed by atoms with Gasteiger partial charge < -0.3 is 0 Å². The summed E-state index contributed by atoms with van der Waals surface area (Å²) in [6.45, 7) is 0. The van der Waals surface area contributed by atoms with Crippen LogP contribution in [0.5, 0.6) is 0 Å². The van der Waals surface area contributed by atoms with Crippen molar-refractivity contribution in [1.29, 1.82) is 0 Å². The zero-order valence-corrected chi connectivity index (χ0v) is 21.6. The van der Waals surface area contributed by atoms with Gasteiger partial charge in [0.25, 0.3) is 0 Å². The van der Waals surface area contributed by atoms with Gasteiger partial charge in [0.15, 0.2) is 0 Å². The molecule has 4 rings (SSSR count). The monoisotopic (exact) mass is 572 g/mol. The normalized spacial score (nSPS) is 11.9. The molecule has 5 heteroatoms. The topological polar surface area (TPSA) is 0 Å². The maximum absolute atomic E-state index is 7.90. The van der Waals surface area contributed by atoms with E-state index in [4.69, 9.17) is 21.1 Å². The van der Waals surface area contributed by atoms with Crippen LogP contribution in [-0.4, -0.2) is 4.36 Å². The summed E-state index contributed by atoms with van der Waals surface area (Å²) in [6.07, 6.45) is 0. The van der Waals surface area contributed by atoms with E-state index in [0.717, 1.165) is 4.89 Å². The second kappa shape index (κ2) is 11.2. The Hall–Kier alpha value is -1.02. The fraction of sp³-hybridized carbons (Fsp3) is 0.0769. The van der Waals surface area contributed by atoms with Gasteiger partial charge >= 0.3 is 206 Å². The molecule has 160 valence electrons. The van der Waals surface area contributed by atoms with Crippen molar-refractivity contribution >= 4 is 58.2 Å². The average molecular weight is 574 g/mol. The molecule has 0 bridgehead atoms. The Balaban J connectivity index is 1.97. The summed E-state index contributed by atoms with van der Waals surface area (Å²) < 4.78 is -0.508. The van der Waals surface area contributed by atoms with Crippen molar-refractivity contribution in [2.45, 2.75) is 9.25 Å². The number of hydrogen-bond donors (Lipinski definition) is 0. The molecule has 0 saturated carbocycles. The van der Waals surface area contributed by atoms with Crippen molar-refractivity contribution in [2.75, 3.05) is 0 Å². The standard InChI is InChI=1S/C26H22ClP2.ClH.Pd/c1-26(27,28(22-14-6-2-7-15-22)23-16-8-3-9-17-23)29(24-18-10-4-11-19-24)25-20-12-5-13-21-25;;/h2-21H,1H2;1H;/q;;+1/p-1. The minimum absolute atomic E-state index is 0.0331. The van der Waals surface area contributed by atoms with Gasteiger partial charge in [-0.15, -0.1) is 0 Å². The van der Waals surface area contributed by atoms with Crippen LogP contribution < -0.4 is 21.2 Å². The van der Waals surface area contributed by atoms with Crippen LogP contribution in [-0.2, 0) is 17.0 Å². The predicted octanol–water partition coefficient (Wildman–Crippen LogP) is 6.80. The zero-order chi connectivity index (χ0) is 21.5. The molecule has 0 unspecified atom stereocenters. The van der Waals surface area contributed by atoms with E-state index in [2.05, 4.69) is 121 Å². The summed E-state index contributed by atoms with van der Waals surface area (Å²) in [4.78, 5) is 0.773. The molecular weight excluding hydrogens is 552 g/mol. The molecule has 0 aliphatic heterocycles. The van der Waals surface area contributed by atoms with E-state index in [-0.39, 0.29) is 17.0 Å². The SMILES string of the molecule is [Cl][Pd][CH2]C(Cl)(P(c1ccccc1)c1ccccc1)P(c1ccccc1)c1ccccc1. The Bertz CT molecular complexity index is 902. The first-order valence-electron chi connectivity index (χ1n) is 9.87. The Kier molecular flexibility index (Phi) is 8.38. The van der Waals surface area contributed by atoms with Crippen LogP contribution in [0.4, 0.5) is 0 Å². The predicted molar refractivity (Wildman–Crippen MR) is 137 cm³/mol. The molecule has 0 amide bonds. The first-order chi connectivity index (χ1) is 15.2. The van der Waals surface area contributed by atoms with Gasteiger partial charge in [-0.05, 0) is 0 Å². The summed E-state index contributed by atoms with van der Waals surface area (Å²) in [5, 5.41) is 5.15. The quantitative estimate of drug-likeness (QED) is 0.124. The molecule has 0 N–H and O–H groups in total. The average Bonchev–Trinajstić information content (AvgIpc) is 2.82. The van der Waals surface area contributed by atoms with Crippen LogP contribution in [0.1, 0.15) is 0 Å². The molecular formula is C26H22Cl2P2Pd. The van der Waals surface area contributed by atoms with E-state index in [1.54, 1.807) is 0 Å². The fourth-order valence-corrected chi connectivity index (χ4v) is 15.6. The molecule has 4 aromatic rings. The van der Waals surface area contributed by atoms with Crippen molar-refractivity contribution in [2.24, 2.45) is 0 Å². The van der Waals surface area contributed by atoms with E-state index in [9.17, 15) is 0 Å². The van der Waals surface area contributed by atoms with E-state index < -0.39 is 20.2 Å². The first-order valence-corrected chi connectivity index (χ1v) is 16.0. The van der Waals surface area contributed by atoms with Crippen LogP contribution in [0.2, 0.25) is 4.89 Å².